The monoisotopic (exact) mass is 426 g/mol. The Bertz CT molecular complexity index is 1170. The van der Waals surface area contributed by atoms with E-state index in [9.17, 15) is 18.8 Å². The lowest BCUT2D eigenvalue weighted by atomic mass is 9.98. The van der Waals surface area contributed by atoms with Crippen molar-refractivity contribution in [1.29, 1.82) is 5.41 Å². The number of hydrazine groups is 1. The number of hydrogen-bond acceptors (Lipinski definition) is 5. The normalized spacial score (nSPS) is 10.7. The Kier molecular flexibility index (Phi) is 6.24. The van der Waals surface area contributed by atoms with Gasteiger partial charge in [0.15, 0.2) is 4.87 Å². The number of aromatic nitrogens is 1. The second kappa shape index (κ2) is 8.86. The maximum absolute atomic E-state index is 13.7. The molecule has 7 nitrogen and oxygen atoms in total. The largest absolute Gasteiger partial charge is 0.507 e. The fraction of sp³-hybridized carbons (Fsp3) is 0.182. The van der Waals surface area contributed by atoms with Crippen LogP contribution in [0, 0.1) is 23.1 Å². The van der Waals surface area contributed by atoms with Crippen LogP contribution in [0.5, 0.6) is 5.75 Å². The Labute approximate surface area is 177 Å². The number of halogens is 2. The number of phenols is 1. The van der Waals surface area contributed by atoms with Crippen LogP contribution >= 0.6 is 0 Å². The van der Waals surface area contributed by atoms with Gasteiger partial charge in [0.2, 0.25) is 0 Å². The molecule has 1 aromatic heterocycles. The number of alkyl halides is 1. The van der Waals surface area contributed by atoms with E-state index >= 15 is 0 Å². The van der Waals surface area contributed by atoms with E-state index < -0.39 is 12.5 Å². The van der Waals surface area contributed by atoms with Crippen molar-refractivity contribution in [2.45, 2.75) is 20.1 Å². The van der Waals surface area contributed by atoms with Gasteiger partial charge in [-0.1, -0.05) is 12.1 Å². The van der Waals surface area contributed by atoms with Gasteiger partial charge in [0.05, 0.1) is 18.0 Å². The number of pyridine rings is 1. The zero-order valence-corrected chi connectivity index (χ0v) is 17.1. The summed E-state index contributed by atoms with van der Waals surface area (Å²) in [5.41, 5.74) is 8.53. The van der Waals surface area contributed by atoms with Crippen LogP contribution in [0.1, 0.15) is 22.4 Å². The summed E-state index contributed by atoms with van der Waals surface area (Å²) in [7, 11) is 1.50. The zero-order valence-electron chi connectivity index (χ0n) is 17.1. The summed E-state index contributed by atoms with van der Waals surface area (Å²) in [5, 5.41) is 19.2. The third kappa shape index (κ3) is 4.35. The van der Waals surface area contributed by atoms with Crippen molar-refractivity contribution >= 4 is 17.6 Å². The maximum atomic E-state index is 13.7. The van der Waals surface area contributed by atoms with E-state index in [1.165, 1.54) is 48.6 Å². The van der Waals surface area contributed by atoms with Crippen LogP contribution in [-0.2, 0) is 13.2 Å². The fourth-order valence-corrected chi connectivity index (χ4v) is 3.36. The van der Waals surface area contributed by atoms with Gasteiger partial charge in [0.25, 0.3) is 5.69 Å². The number of nitrogen functional groups attached to an aromatic ring is 1. The van der Waals surface area contributed by atoms with Crippen molar-refractivity contribution in [2.24, 2.45) is 0 Å². The van der Waals surface area contributed by atoms with Crippen molar-refractivity contribution in [1.82, 2.24) is 9.99 Å². The zero-order chi connectivity index (χ0) is 22.7. The fourth-order valence-electron chi connectivity index (χ4n) is 3.36. The highest BCUT2D eigenvalue weighted by Gasteiger charge is 2.26. The molecule has 0 unspecified atom stereocenters. The van der Waals surface area contributed by atoms with Gasteiger partial charge in [-0.05, 0) is 24.6 Å². The number of rotatable bonds is 7. The van der Waals surface area contributed by atoms with Crippen LogP contribution in [0.25, 0.3) is 11.1 Å². The number of aromatic hydroxyl groups is 1. The van der Waals surface area contributed by atoms with Gasteiger partial charge in [-0.3, -0.25) is 4.98 Å². The van der Waals surface area contributed by atoms with E-state index in [0.29, 0.717) is 32.9 Å². The average Bonchev–Trinajstić information content (AvgIpc) is 2.74. The van der Waals surface area contributed by atoms with Gasteiger partial charge in [0.1, 0.15) is 24.8 Å². The number of nitrogens with zero attached hydrogens (tertiary/aromatic N) is 3. The van der Waals surface area contributed by atoms with E-state index in [1.54, 1.807) is 13.0 Å². The quantitative estimate of drug-likeness (QED) is 0.295. The molecule has 9 heteroatoms. The molecule has 0 radical (unpaired) electrons. The van der Waals surface area contributed by atoms with Crippen LogP contribution in [0.2, 0.25) is 0 Å². The van der Waals surface area contributed by atoms with E-state index in [1.807, 2.05) is 0 Å². The standard InChI is InChI=1S/C22H21F2N5O2/c1-13-19(10-25)22(26)16(11-27-13)12-28(2)29(31)18-7-15(9-23)21(20(30)8-18)14-4-3-5-17(24)6-14/h3-8,10-11H,9,12H2,1-2H3,(H3-,25,26,27,30)/p+1. The molecule has 0 atom stereocenters. The highest BCUT2D eigenvalue weighted by molar-refractivity contribution is 5.87. The molecule has 4 N–H and O–H groups in total. The number of nitroso groups, excluding NO2 is 1. The first kappa shape index (κ1) is 21.8. The molecule has 160 valence electrons. The number of anilines is 1. The van der Waals surface area contributed by atoms with Crippen LogP contribution in [0.4, 0.5) is 20.2 Å². The summed E-state index contributed by atoms with van der Waals surface area (Å²) < 4.78 is 27.3. The lowest BCUT2D eigenvalue weighted by molar-refractivity contribution is -0.638. The predicted octanol–water partition coefficient (Wildman–Crippen LogP) is 4.41. The lowest BCUT2D eigenvalue weighted by Crippen LogP contribution is -2.26. The van der Waals surface area contributed by atoms with E-state index in [2.05, 4.69) is 4.98 Å². The summed E-state index contributed by atoms with van der Waals surface area (Å²) >= 11 is 0. The van der Waals surface area contributed by atoms with Gasteiger partial charge < -0.3 is 16.2 Å². The first-order valence-corrected chi connectivity index (χ1v) is 9.37. The summed E-state index contributed by atoms with van der Waals surface area (Å²) in [4.78, 5) is 17.5. The smallest absolute Gasteiger partial charge is 0.296 e. The molecule has 2 aromatic carbocycles. The molecule has 0 aliphatic carbocycles. The van der Waals surface area contributed by atoms with E-state index in [-0.39, 0.29) is 29.1 Å². The van der Waals surface area contributed by atoms with Crippen LogP contribution in [0.15, 0.2) is 42.6 Å². The molecule has 0 aliphatic heterocycles. The summed E-state index contributed by atoms with van der Waals surface area (Å²) in [6.45, 7) is 0.842. The predicted molar refractivity (Wildman–Crippen MR) is 114 cm³/mol. The lowest BCUT2D eigenvalue weighted by Gasteiger charge is -2.14. The Morgan fingerprint density at radius 1 is 1.29 bits per heavy atom. The molecular weight excluding hydrogens is 404 g/mol. The van der Waals surface area contributed by atoms with Crippen LogP contribution in [-0.4, -0.2) is 33.2 Å². The second-order valence-electron chi connectivity index (χ2n) is 7.07. The van der Waals surface area contributed by atoms with Gasteiger partial charge in [0, 0.05) is 52.1 Å². The second-order valence-corrected chi connectivity index (χ2v) is 7.07. The van der Waals surface area contributed by atoms with Crippen LogP contribution < -0.4 is 5.73 Å². The Balaban J connectivity index is 1.93. The number of hydrogen-bond donors (Lipinski definition) is 3. The minimum Gasteiger partial charge on any atom is -0.507 e. The van der Waals surface area contributed by atoms with Gasteiger partial charge in [-0.25, -0.2) is 8.78 Å². The number of nitrogens with two attached hydrogens (primary N) is 1. The minimum absolute atomic E-state index is 0.00118. The third-order valence-corrected chi connectivity index (χ3v) is 4.96. The van der Waals surface area contributed by atoms with Gasteiger partial charge in [-0.2, -0.15) is 0 Å². The molecule has 0 saturated carbocycles. The molecule has 3 aromatic rings. The molecule has 0 aliphatic rings. The average molecular weight is 426 g/mol. The first-order valence-electron chi connectivity index (χ1n) is 9.37. The van der Waals surface area contributed by atoms with E-state index in [0.717, 1.165) is 6.21 Å². The Morgan fingerprint density at radius 2 is 2.03 bits per heavy atom. The number of benzene rings is 2. The minimum atomic E-state index is -0.956. The molecule has 31 heavy (non-hydrogen) atoms. The number of aryl methyl sites for hydroxylation is 1. The van der Waals surface area contributed by atoms with Crippen molar-refractivity contribution in [3.05, 3.63) is 75.7 Å². The van der Waals surface area contributed by atoms with Crippen molar-refractivity contribution in [3.8, 4) is 16.9 Å². The van der Waals surface area contributed by atoms with Gasteiger partial charge >= 0.3 is 0 Å². The molecule has 3 rings (SSSR count). The number of phenolic OH excluding ortho intramolecular Hbond substituents is 1. The highest BCUT2D eigenvalue weighted by Crippen LogP contribution is 2.37. The molecular formula is C22H22F2N5O2+. The molecule has 0 amide bonds. The molecule has 0 saturated heterocycles. The van der Waals surface area contributed by atoms with Gasteiger partial charge in [-0.15, -0.1) is 5.01 Å². The maximum Gasteiger partial charge on any atom is 0.296 e. The Morgan fingerprint density at radius 3 is 2.68 bits per heavy atom. The SMILES string of the molecule is Cc1ncc(CN(C)[N+](=O)c2cc(O)c(-c3cccc(F)c3)c(CF)c2)c(N)c1C=N. The molecule has 0 fully saturated rings. The summed E-state index contributed by atoms with van der Waals surface area (Å²) in [6, 6.07) is 7.94. The van der Waals surface area contributed by atoms with E-state index in [4.69, 9.17) is 11.1 Å². The summed E-state index contributed by atoms with van der Waals surface area (Å²) in [6.07, 6.45) is 2.63. The molecule has 0 spiro atoms. The summed E-state index contributed by atoms with van der Waals surface area (Å²) in [5.74, 6) is -0.864. The highest BCUT2D eigenvalue weighted by atomic mass is 19.1. The topological polar surface area (TPSA) is 106 Å². The first-order chi connectivity index (χ1) is 14.8. The molecule has 0 bridgehead atoms. The third-order valence-electron chi connectivity index (χ3n) is 4.96. The Hall–Kier alpha value is -3.88. The van der Waals surface area contributed by atoms with Crippen molar-refractivity contribution in [3.63, 3.8) is 0 Å². The van der Waals surface area contributed by atoms with Crippen LogP contribution in [0.3, 0.4) is 0 Å². The van der Waals surface area contributed by atoms with Crippen molar-refractivity contribution in [2.75, 3.05) is 12.8 Å². The number of nitrogens with one attached hydrogen (secondary N) is 1. The van der Waals surface area contributed by atoms with Crippen molar-refractivity contribution < 1.29 is 18.8 Å². The molecule has 1 heterocycles.